The first-order chi connectivity index (χ1) is 9.06. The number of rotatable bonds is 4. The van der Waals surface area contributed by atoms with Gasteiger partial charge >= 0.3 is 0 Å². The third-order valence-corrected chi connectivity index (χ3v) is 3.96. The van der Waals surface area contributed by atoms with Gasteiger partial charge in [0.25, 0.3) is 0 Å². The molecule has 5 heteroatoms. The van der Waals surface area contributed by atoms with Crippen LogP contribution in [0.2, 0.25) is 0 Å². The molecule has 1 aliphatic rings. The Morgan fingerprint density at radius 3 is 2.58 bits per heavy atom. The maximum absolute atomic E-state index is 5.70. The molecule has 1 heterocycles. The number of nitrogens with zero attached hydrogens (tertiary/aromatic N) is 1. The van der Waals surface area contributed by atoms with Crippen molar-refractivity contribution in [2.45, 2.75) is 19.9 Å². The molecule has 0 saturated heterocycles. The fourth-order valence-corrected chi connectivity index (χ4v) is 2.43. The van der Waals surface area contributed by atoms with Crippen molar-refractivity contribution in [1.29, 1.82) is 0 Å². The Hall–Kier alpha value is -1.23. The summed E-state index contributed by atoms with van der Waals surface area (Å²) in [5, 5.41) is 0. The SMILES string of the molecule is COc1cc(OC)c(Br)c(C2=N[C@@H](C(C)C)CO2)c1. The zero-order chi connectivity index (χ0) is 14.0. The molecule has 0 bridgehead atoms. The number of aliphatic imine (C=N–C) groups is 1. The van der Waals surface area contributed by atoms with Crippen LogP contribution in [0.25, 0.3) is 0 Å². The van der Waals surface area contributed by atoms with Gasteiger partial charge in [-0.3, -0.25) is 0 Å². The van der Waals surface area contributed by atoms with Gasteiger partial charge in [0.15, 0.2) is 0 Å². The van der Waals surface area contributed by atoms with E-state index in [9.17, 15) is 0 Å². The summed E-state index contributed by atoms with van der Waals surface area (Å²) in [7, 11) is 3.25. The van der Waals surface area contributed by atoms with Crippen molar-refractivity contribution in [3.8, 4) is 11.5 Å². The summed E-state index contributed by atoms with van der Waals surface area (Å²) in [5.41, 5.74) is 0.861. The highest BCUT2D eigenvalue weighted by Crippen LogP contribution is 2.35. The summed E-state index contributed by atoms with van der Waals surface area (Å²) in [5.74, 6) is 2.52. The minimum atomic E-state index is 0.207. The molecule has 19 heavy (non-hydrogen) atoms. The van der Waals surface area contributed by atoms with Crippen LogP contribution in [-0.2, 0) is 4.74 Å². The Morgan fingerprint density at radius 1 is 1.32 bits per heavy atom. The molecule has 0 aliphatic carbocycles. The standard InChI is InChI=1S/C14H18BrNO3/c1-8(2)11-7-19-14(16-11)10-5-9(17-3)6-12(18-4)13(10)15/h5-6,8,11H,7H2,1-4H3/t11-/m1/s1. The first-order valence-corrected chi connectivity index (χ1v) is 6.98. The molecule has 1 aromatic rings. The van der Waals surface area contributed by atoms with Crippen molar-refractivity contribution in [3.63, 3.8) is 0 Å². The number of halogens is 1. The normalized spacial score (nSPS) is 18.2. The molecule has 0 fully saturated rings. The van der Waals surface area contributed by atoms with Crippen molar-refractivity contribution in [2.75, 3.05) is 20.8 Å². The van der Waals surface area contributed by atoms with E-state index in [2.05, 4.69) is 34.8 Å². The molecule has 1 atom stereocenters. The van der Waals surface area contributed by atoms with E-state index < -0.39 is 0 Å². The quantitative estimate of drug-likeness (QED) is 0.852. The van der Waals surface area contributed by atoms with Crippen LogP contribution in [0.4, 0.5) is 0 Å². The number of hydrogen-bond donors (Lipinski definition) is 0. The Kier molecular flexibility index (Phi) is 4.34. The maximum Gasteiger partial charge on any atom is 0.217 e. The molecule has 1 aromatic carbocycles. The van der Waals surface area contributed by atoms with E-state index in [-0.39, 0.29) is 6.04 Å². The van der Waals surface area contributed by atoms with Crippen molar-refractivity contribution in [1.82, 2.24) is 0 Å². The second-order valence-corrected chi connectivity index (χ2v) is 5.54. The summed E-state index contributed by atoms with van der Waals surface area (Å²) in [6, 6.07) is 3.93. The lowest BCUT2D eigenvalue weighted by atomic mass is 10.1. The van der Waals surface area contributed by atoms with E-state index >= 15 is 0 Å². The summed E-state index contributed by atoms with van der Waals surface area (Å²) in [6.07, 6.45) is 0. The molecule has 4 nitrogen and oxygen atoms in total. The Labute approximate surface area is 121 Å². The van der Waals surface area contributed by atoms with E-state index in [1.54, 1.807) is 14.2 Å². The first-order valence-electron chi connectivity index (χ1n) is 6.19. The number of benzene rings is 1. The Bertz CT molecular complexity index is 500. The largest absolute Gasteiger partial charge is 0.497 e. The van der Waals surface area contributed by atoms with Crippen LogP contribution in [0.15, 0.2) is 21.6 Å². The highest BCUT2D eigenvalue weighted by molar-refractivity contribution is 9.10. The zero-order valence-corrected chi connectivity index (χ0v) is 13.2. The fourth-order valence-electron chi connectivity index (χ4n) is 1.87. The summed E-state index contributed by atoms with van der Waals surface area (Å²) in [6.45, 7) is 4.91. The van der Waals surface area contributed by atoms with Gasteiger partial charge in [-0.05, 0) is 27.9 Å². The number of methoxy groups -OCH3 is 2. The molecule has 0 radical (unpaired) electrons. The molecule has 0 spiro atoms. The molecular weight excluding hydrogens is 310 g/mol. The van der Waals surface area contributed by atoms with Gasteiger partial charge in [-0.1, -0.05) is 13.8 Å². The molecule has 2 rings (SSSR count). The predicted molar refractivity (Wildman–Crippen MR) is 78.4 cm³/mol. The van der Waals surface area contributed by atoms with Crippen LogP contribution in [0.5, 0.6) is 11.5 Å². The summed E-state index contributed by atoms with van der Waals surface area (Å²) < 4.78 is 17.1. The van der Waals surface area contributed by atoms with Gasteiger partial charge in [-0.25, -0.2) is 4.99 Å². The van der Waals surface area contributed by atoms with Crippen LogP contribution in [0.1, 0.15) is 19.4 Å². The average Bonchev–Trinajstić information content (AvgIpc) is 2.88. The zero-order valence-electron chi connectivity index (χ0n) is 11.6. The molecule has 1 aliphatic heterocycles. The smallest absolute Gasteiger partial charge is 0.217 e. The minimum absolute atomic E-state index is 0.207. The topological polar surface area (TPSA) is 40.0 Å². The third-order valence-electron chi connectivity index (χ3n) is 3.14. The lowest BCUT2D eigenvalue weighted by molar-refractivity contribution is 0.291. The lowest BCUT2D eigenvalue weighted by Gasteiger charge is -2.11. The number of ether oxygens (including phenoxy) is 3. The van der Waals surface area contributed by atoms with Crippen molar-refractivity contribution in [2.24, 2.45) is 10.9 Å². The second kappa shape index (κ2) is 5.82. The van der Waals surface area contributed by atoms with Crippen molar-refractivity contribution in [3.05, 3.63) is 22.2 Å². The summed E-state index contributed by atoms with van der Waals surface area (Å²) in [4.78, 5) is 4.62. The van der Waals surface area contributed by atoms with Crippen LogP contribution in [-0.4, -0.2) is 32.8 Å². The molecule has 0 aromatic heterocycles. The van der Waals surface area contributed by atoms with Gasteiger partial charge in [-0.2, -0.15) is 0 Å². The van der Waals surface area contributed by atoms with Gasteiger partial charge in [0.1, 0.15) is 18.1 Å². The monoisotopic (exact) mass is 327 g/mol. The second-order valence-electron chi connectivity index (χ2n) is 4.75. The minimum Gasteiger partial charge on any atom is -0.497 e. The van der Waals surface area contributed by atoms with Crippen LogP contribution < -0.4 is 9.47 Å². The first kappa shape index (κ1) is 14.2. The van der Waals surface area contributed by atoms with E-state index in [1.807, 2.05) is 12.1 Å². The molecule has 0 unspecified atom stereocenters. The fraction of sp³-hybridized carbons (Fsp3) is 0.500. The lowest BCUT2D eigenvalue weighted by Crippen LogP contribution is -2.13. The highest BCUT2D eigenvalue weighted by Gasteiger charge is 2.25. The molecule has 0 amide bonds. The van der Waals surface area contributed by atoms with E-state index in [0.717, 1.165) is 10.0 Å². The molecule has 104 valence electrons. The van der Waals surface area contributed by atoms with Gasteiger partial charge in [-0.15, -0.1) is 0 Å². The Morgan fingerprint density at radius 2 is 2.05 bits per heavy atom. The van der Waals surface area contributed by atoms with Crippen molar-refractivity contribution >= 4 is 21.8 Å². The third kappa shape index (κ3) is 2.86. The van der Waals surface area contributed by atoms with E-state index in [4.69, 9.17) is 14.2 Å². The molecule has 0 saturated carbocycles. The van der Waals surface area contributed by atoms with Crippen LogP contribution in [0.3, 0.4) is 0 Å². The van der Waals surface area contributed by atoms with Gasteiger partial charge in [0.05, 0.1) is 30.3 Å². The van der Waals surface area contributed by atoms with E-state index in [0.29, 0.717) is 29.9 Å². The van der Waals surface area contributed by atoms with Crippen LogP contribution in [0, 0.1) is 5.92 Å². The van der Waals surface area contributed by atoms with Gasteiger partial charge in [0, 0.05) is 6.07 Å². The molecule has 0 N–H and O–H groups in total. The van der Waals surface area contributed by atoms with E-state index in [1.165, 1.54) is 0 Å². The predicted octanol–water partition coefficient (Wildman–Crippen LogP) is 3.27. The van der Waals surface area contributed by atoms with Gasteiger partial charge in [0.2, 0.25) is 5.90 Å². The Balaban J connectivity index is 2.42. The summed E-state index contributed by atoms with van der Waals surface area (Å²) >= 11 is 3.53. The van der Waals surface area contributed by atoms with Crippen LogP contribution >= 0.6 is 15.9 Å². The number of hydrogen-bond acceptors (Lipinski definition) is 4. The molecular formula is C14H18BrNO3. The average molecular weight is 328 g/mol. The van der Waals surface area contributed by atoms with Gasteiger partial charge < -0.3 is 14.2 Å². The van der Waals surface area contributed by atoms with Crippen molar-refractivity contribution < 1.29 is 14.2 Å². The maximum atomic E-state index is 5.70. The highest BCUT2D eigenvalue weighted by atomic mass is 79.9.